The highest BCUT2D eigenvalue weighted by Crippen LogP contribution is 2.21. The third-order valence-electron chi connectivity index (χ3n) is 3.68. The monoisotopic (exact) mass is 342 g/mol. The number of hydrogen-bond donors (Lipinski definition) is 0. The third kappa shape index (κ3) is 3.40. The zero-order valence-corrected chi connectivity index (χ0v) is 14.0. The van der Waals surface area contributed by atoms with Gasteiger partial charge in [0.05, 0.1) is 13.2 Å². The number of aromatic nitrogens is 2. The van der Waals surface area contributed by atoms with Crippen LogP contribution in [0.5, 0.6) is 5.75 Å². The summed E-state index contributed by atoms with van der Waals surface area (Å²) in [4.78, 5) is 29.0. The Labute approximate surface area is 143 Å². The smallest absolute Gasteiger partial charge is 0.342 e. The van der Waals surface area contributed by atoms with Gasteiger partial charge in [0.2, 0.25) is 5.71 Å². The first-order chi connectivity index (χ1) is 12.1. The topological polar surface area (TPSA) is 83.6 Å². The SMILES string of the molecule is CCOC(=O)c1c(C)oc2ncn(CCOc3ccccc3)c(=O)c12. The predicted octanol–water partition coefficient (Wildman–Crippen LogP) is 2.55. The van der Waals surface area contributed by atoms with E-state index >= 15 is 0 Å². The summed E-state index contributed by atoms with van der Waals surface area (Å²) in [6.45, 7) is 4.11. The number of fused-ring (bicyclic) bond motifs is 1. The van der Waals surface area contributed by atoms with Gasteiger partial charge in [0.1, 0.15) is 35.4 Å². The molecule has 0 atom stereocenters. The van der Waals surface area contributed by atoms with Crippen molar-refractivity contribution in [2.24, 2.45) is 0 Å². The van der Waals surface area contributed by atoms with Crippen LogP contribution in [-0.2, 0) is 11.3 Å². The Bertz CT molecular complexity index is 943. The van der Waals surface area contributed by atoms with Crippen LogP contribution in [0, 0.1) is 6.92 Å². The van der Waals surface area contributed by atoms with Gasteiger partial charge in [-0.25, -0.2) is 9.78 Å². The number of ether oxygens (including phenoxy) is 2. The Kier molecular flexibility index (Phi) is 4.83. The fourth-order valence-corrected chi connectivity index (χ4v) is 2.52. The van der Waals surface area contributed by atoms with E-state index in [0.29, 0.717) is 18.9 Å². The minimum absolute atomic E-state index is 0.130. The van der Waals surface area contributed by atoms with Gasteiger partial charge >= 0.3 is 5.97 Å². The molecule has 0 aliphatic heterocycles. The molecule has 7 nitrogen and oxygen atoms in total. The van der Waals surface area contributed by atoms with E-state index < -0.39 is 5.97 Å². The second-order valence-corrected chi connectivity index (χ2v) is 5.34. The maximum absolute atomic E-state index is 12.7. The molecule has 0 radical (unpaired) electrons. The van der Waals surface area contributed by atoms with Crippen molar-refractivity contribution in [1.82, 2.24) is 9.55 Å². The molecule has 2 heterocycles. The first kappa shape index (κ1) is 16.8. The Morgan fingerprint density at radius 2 is 2.04 bits per heavy atom. The molecule has 0 unspecified atom stereocenters. The first-order valence-electron chi connectivity index (χ1n) is 7.95. The zero-order valence-electron chi connectivity index (χ0n) is 14.0. The van der Waals surface area contributed by atoms with E-state index in [1.54, 1.807) is 13.8 Å². The molecular weight excluding hydrogens is 324 g/mol. The van der Waals surface area contributed by atoms with Crippen molar-refractivity contribution in [3.8, 4) is 5.75 Å². The second-order valence-electron chi connectivity index (χ2n) is 5.34. The number of benzene rings is 1. The number of rotatable bonds is 6. The fourth-order valence-electron chi connectivity index (χ4n) is 2.52. The van der Waals surface area contributed by atoms with Crippen LogP contribution in [0.25, 0.3) is 11.1 Å². The van der Waals surface area contributed by atoms with Crippen LogP contribution < -0.4 is 10.3 Å². The maximum atomic E-state index is 12.7. The zero-order chi connectivity index (χ0) is 17.8. The highest BCUT2D eigenvalue weighted by Gasteiger charge is 2.23. The molecule has 0 amide bonds. The van der Waals surface area contributed by atoms with E-state index in [-0.39, 0.29) is 28.8 Å². The lowest BCUT2D eigenvalue weighted by atomic mass is 10.2. The average Bonchev–Trinajstić information content (AvgIpc) is 2.95. The van der Waals surface area contributed by atoms with Crippen molar-refractivity contribution in [3.63, 3.8) is 0 Å². The van der Waals surface area contributed by atoms with E-state index in [1.807, 2.05) is 30.3 Å². The van der Waals surface area contributed by atoms with Crippen LogP contribution in [-0.4, -0.2) is 28.7 Å². The van der Waals surface area contributed by atoms with Crippen LogP contribution in [0.3, 0.4) is 0 Å². The molecule has 0 saturated carbocycles. The lowest BCUT2D eigenvalue weighted by molar-refractivity contribution is 0.0526. The number of carbonyl (C=O) groups is 1. The van der Waals surface area contributed by atoms with Crippen molar-refractivity contribution in [1.29, 1.82) is 0 Å². The van der Waals surface area contributed by atoms with E-state index in [1.165, 1.54) is 10.9 Å². The molecule has 2 aromatic heterocycles. The quantitative estimate of drug-likeness (QED) is 0.640. The standard InChI is InChI=1S/C18H18N2O5/c1-3-23-18(22)14-12(2)25-16-15(14)17(21)20(11-19-16)9-10-24-13-7-5-4-6-8-13/h4-8,11H,3,9-10H2,1-2H3. The Morgan fingerprint density at radius 3 is 2.76 bits per heavy atom. The van der Waals surface area contributed by atoms with E-state index in [0.717, 1.165) is 5.75 Å². The summed E-state index contributed by atoms with van der Waals surface area (Å²) in [5.74, 6) is 0.447. The number of furan rings is 1. The fraction of sp³-hybridized carbons (Fsp3) is 0.278. The summed E-state index contributed by atoms with van der Waals surface area (Å²) < 4.78 is 17.4. The van der Waals surface area contributed by atoms with Gasteiger partial charge < -0.3 is 13.9 Å². The molecule has 3 rings (SSSR count). The van der Waals surface area contributed by atoms with Crippen LogP contribution >= 0.6 is 0 Å². The van der Waals surface area contributed by atoms with Gasteiger partial charge in [-0.1, -0.05) is 18.2 Å². The van der Waals surface area contributed by atoms with Crippen molar-refractivity contribution >= 4 is 17.1 Å². The number of carbonyl (C=O) groups excluding carboxylic acids is 1. The molecule has 25 heavy (non-hydrogen) atoms. The summed E-state index contributed by atoms with van der Waals surface area (Å²) in [5.41, 5.74) is -0.0972. The van der Waals surface area contributed by atoms with Gasteiger partial charge in [-0.2, -0.15) is 0 Å². The molecule has 130 valence electrons. The second kappa shape index (κ2) is 7.21. The van der Waals surface area contributed by atoms with E-state index in [9.17, 15) is 9.59 Å². The Hall–Kier alpha value is -3.09. The predicted molar refractivity (Wildman–Crippen MR) is 90.9 cm³/mol. The largest absolute Gasteiger partial charge is 0.492 e. The molecule has 7 heteroatoms. The molecule has 0 N–H and O–H groups in total. The van der Waals surface area contributed by atoms with Crippen molar-refractivity contribution < 1.29 is 18.7 Å². The number of aryl methyl sites for hydroxylation is 1. The number of hydrogen-bond acceptors (Lipinski definition) is 6. The Morgan fingerprint density at radius 1 is 1.28 bits per heavy atom. The lowest BCUT2D eigenvalue weighted by Crippen LogP contribution is -2.24. The van der Waals surface area contributed by atoms with Gasteiger partial charge in [0.15, 0.2) is 0 Å². The van der Waals surface area contributed by atoms with Gasteiger partial charge in [-0.05, 0) is 26.0 Å². The van der Waals surface area contributed by atoms with Crippen LogP contribution in [0.4, 0.5) is 0 Å². The summed E-state index contributed by atoms with van der Waals surface area (Å²) in [6.07, 6.45) is 1.39. The molecule has 0 saturated heterocycles. The molecule has 0 bridgehead atoms. The highest BCUT2D eigenvalue weighted by molar-refractivity contribution is 6.03. The van der Waals surface area contributed by atoms with Gasteiger partial charge in [0.25, 0.3) is 5.56 Å². The van der Waals surface area contributed by atoms with E-state index in [2.05, 4.69) is 4.98 Å². The molecule has 3 aromatic rings. The highest BCUT2D eigenvalue weighted by atomic mass is 16.5. The average molecular weight is 342 g/mol. The summed E-state index contributed by atoms with van der Waals surface area (Å²) in [6, 6.07) is 9.31. The number of nitrogens with zero attached hydrogens (tertiary/aromatic N) is 2. The minimum atomic E-state index is -0.587. The Balaban J connectivity index is 1.87. The minimum Gasteiger partial charge on any atom is -0.492 e. The molecule has 0 spiro atoms. The van der Waals surface area contributed by atoms with Crippen molar-refractivity contribution in [2.45, 2.75) is 20.4 Å². The molecule has 0 aliphatic rings. The lowest BCUT2D eigenvalue weighted by Gasteiger charge is -2.08. The third-order valence-corrected chi connectivity index (χ3v) is 3.68. The van der Waals surface area contributed by atoms with Crippen LogP contribution in [0.2, 0.25) is 0 Å². The molecule has 1 aromatic carbocycles. The van der Waals surface area contributed by atoms with Crippen molar-refractivity contribution in [2.75, 3.05) is 13.2 Å². The van der Waals surface area contributed by atoms with E-state index in [4.69, 9.17) is 13.9 Å². The van der Waals surface area contributed by atoms with Gasteiger partial charge in [-0.15, -0.1) is 0 Å². The van der Waals surface area contributed by atoms with Gasteiger partial charge in [-0.3, -0.25) is 9.36 Å². The number of esters is 1. The van der Waals surface area contributed by atoms with Crippen molar-refractivity contribution in [3.05, 3.63) is 58.3 Å². The molecule has 0 aliphatic carbocycles. The first-order valence-corrected chi connectivity index (χ1v) is 7.95. The number of para-hydroxylation sites is 1. The normalized spacial score (nSPS) is 10.8. The summed E-state index contributed by atoms with van der Waals surface area (Å²) >= 11 is 0. The van der Waals surface area contributed by atoms with Crippen LogP contribution in [0.1, 0.15) is 23.0 Å². The summed E-state index contributed by atoms with van der Waals surface area (Å²) in [7, 11) is 0. The van der Waals surface area contributed by atoms with Crippen LogP contribution in [0.15, 0.2) is 45.9 Å². The van der Waals surface area contributed by atoms with Gasteiger partial charge in [0, 0.05) is 0 Å². The maximum Gasteiger partial charge on any atom is 0.342 e. The summed E-state index contributed by atoms with van der Waals surface area (Å²) in [5, 5.41) is 0.137. The molecule has 0 fully saturated rings. The molecular formula is C18H18N2O5.